The molecule has 43 heavy (non-hydrogen) atoms. The van der Waals surface area contributed by atoms with E-state index in [1.165, 1.54) is 24.0 Å². The second-order valence-electron chi connectivity index (χ2n) is 10.1. The van der Waals surface area contributed by atoms with E-state index in [2.05, 4.69) is 113 Å². The van der Waals surface area contributed by atoms with Gasteiger partial charge < -0.3 is 20.2 Å². The second-order valence-corrected chi connectivity index (χ2v) is 12.5. The number of carbonyl (C=O) groups is 3. The number of amides is 3. The molecule has 5 nitrogen and oxygen atoms in total. The zero-order valence-electron chi connectivity index (χ0n) is 27.6. The predicted octanol–water partition coefficient (Wildman–Crippen LogP) is 8.18. The maximum Gasteiger partial charge on any atom is 1.00 e. The van der Waals surface area contributed by atoms with Gasteiger partial charge in [0.1, 0.15) is 0 Å². The van der Waals surface area contributed by atoms with Crippen molar-refractivity contribution in [3.8, 4) is 0 Å². The van der Waals surface area contributed by atoms with Crippen molar-refractivity contribution in [3.05, 3.63) is 82.6 Å². The van der Waals surface area contributed by atoms with Crippen LogP contribution in [-0.2, 0) is 4.79 Å². The second kappa shape index (κ2) is 31.8. The van der Waals surface area contributed by atoms with Gasteiger partial charge in [0, 0.05) is 26.6 Å². The minimum absolute atomic E-state index is 0. The summed E-state index contributed by atoms with van der Waals surface area (Å²) in [6.07, 6.45) is 9.73. The van der Waals surface area contributed by atoms with Crippen molar-refractivity contribution in [2.75, 3.05) is 5.33 Å². The SMILES string of the molecule is C.C=C(C)[CH+]CBr.CCC=C(C)C.CCC=C(C)C.CC[C@H]1C(=O)NC1(C)C.O=C1[N-]C(=O)c2ccccc21.S=CI.[K+]. The van der Waals surface area contributed by atoms with E-state index in [1.54, 1.807) is 27.6 Å². The number of hydrogen-bond acceptors (Lipinski definition) is 4. The normalized spacial score (nSPS) is 13.8. The number of allylic oxidation sites excluding steroid dienone is 5. The van der Waals surface area contributed by atoms with E-state index in [4.69, 9.17) is 0 Å². The van der Waals surface area contributed by atoms with Gasteiger partial charge in [-0.25, -0.2) is 0 Å². The summed E-state index contributed by atoms with van der Waals surface area (Å²) in [5, 5.41) is 7.04. The van der Waals surface area contributed by atoms with E-state index >= 15 is 0 Å². The van der Waals surface area contributed by atoms with Crippen LogP contribution >= 0.6 is 50.7 Å². The van der Waals surface area contributed by atoms with E-state index < -0.39 is 11.8 Å². The Kier molecular flexibility index (Phi) is 38.8. The molecule has 0 spiro atoms. The summed E-state index contributed by atoms with van der Waals surface area (Å²) in [4.78, 5) is 32.5. The standard InChI is InChI=1S/C8H5NO2.C7H13NO.2C6H12.C5H8Br.CHIS.CH4.K/c10-7-5-3-1-2-4-6(5)8(11)9-7;1-4-5-6(9)8-7(5,2)3;2*1-4-5-6(2)3;1-5(2)3-4-6;2-1-3;;/h1-4H,(H,9,10,11);5H,4H2,1-3H3,(H,8,9);2*5H,4H2,1-3H3;3H,1,4H2,2H3;1H;1H4;/q;;;;+1;;;+1/p-1/t;5-;;;;;;/m.0....../s1. The van der Waals surface area contributed by atoms with Crippen LogP contribution in [0.25, 0.3) is 5.32 Å². The molecule has 0 saturated carbocycles. The van der Waals surface area contributed by atoms with Gasteiger partial charge in [0.15, 0.2) is 0 Å². The number of carbonyl (C=O) groups excluding carboxylic acids is 3. The number of imide groups is 1. The fourth-order valence-electron chi connectivity index (χ4n) is 3.45. The number of halogens is 2. The topological polar surface area (TPSA) is 77.3 Å². The van der Waals surface area contributed by atoms with Crippen molar-refractivity contribution in [1.29, 1.82) is 0 Å². The van der Waals surface area contributed by atoms with Crippen molar-refractivity contribution in [1.82, 2.24) is 5.32 Å². The van der Waals surface area contributed by atoms with E-state index in [1.807, 2.05) is 42.9 Å². The summed E-state index contributed by atoms with van der Waals surface area (Å²) in [5.74, 6) is -0.392. The number of rotatable bonds is 5. The van der Waals surface area contributed by atoms with Crippen molar-refractivity contribution in [2.24, 2.45) is 5.92 Å². The van der Waals surface area contributed by atoms with Crippen LogP contribution < -0.4 is 56.7 Å². The van der Waals surface area contributed by atoms with Gasteiger partial charge >= 0.3 is 51.4 Å². The predicted molar refractivity (Wildman–Crippen MR) is 201 cm³/mol. The first-order chi connectivity index (χ1) is 19.1. The molecule has 0 radical (unpaired) electrons. The average Bonchev–Trinajstić information content (AvgIpc) is 3.14. The summed E-state index contributed by atoms with van der Waals surface area (Å²) < 4.78 is 1.55. The quantitative estimate of drug-likeness (QED) is 0.0375. The molecular weight excluding hydrogens is 762 g/mol. The number of β-lactam (4-membered cyclic amide) rings is 1. The molecule has 1 saturated heterocycles. The number of benzene rings is 1. The molecule has 1 aromatic rings. The number of thiocarbonyl (C=S) groups is 1. The third-order valence-electron chi connectivity index (χ3n) is 5.28. The smallest absolute Gasteiger partial charge is 0.587 e. The van der Waals surface area contributed by atoms with Crippen LogP contribution in [0.5, 0.6) is 0 Å². The molecule has 0 aromatic heterocycles. The number of alkyl halides is 1. The third kappa shape index (κ3) is 27.9. The number of nitrogens with one attached hydrogen (secondary N) is 1. The number of fused-ring (bicyclic) bond motifs is 1. The van der Waals surface area contributed by atoms with Crippen molar-refractivity contribution >= 4 is 71.8 Å². The van der Waals surface area contributed by atoms with Gasteiger partial charge in [-0.2, -0.15) is 0 Å². The summed E-state index contributed by atoms with van der Waals surface area (Å²) in [7, 11) is 0. The summed E-state index contributed by atoms with van der Waals surface area (Å²) >= 11 is 9.47. The first kappa shape index (κ1) is 52.4. The monoisotopic (exact) mass is 815 g/mol. The third-order valence-corrected chi connectivity index (χ3v) is 5.61. The van der Waals surface area contributed by atoms with Crippen LogP contribution in [0.3, 0.4) is 0 Å². The molecule has 1 atom stereocenters. The van der Waals surface area contributed by atoms with Gasteiger partial charge in [-0.05, 0) is 90.3 Å². The van der Waals surface area contributed by atoms with Crippen LogP contribution in [0.15, 0.2) is 59.7 Å². The fourth-order valence-corrected chi connectivity index (χ4v) is 4.01. The molecule has 0 aliphatic carbocycles. The number of hydrogen-bond donors (Lipinski definition) is 1. The molecule has 0 bridgehead atoms. The molecule has 1 N–H and O–H groups in total. The van der Waals surface area contributed by atoms with E-state index in [0.29, 0.717) is 11.1 Å². The van der Waals surface area contributed by atoms with E-state index in [-0.39, 0.29) is 76.2 Å². The molecule has 2 heterocycles. The Morgan fingerprint density at radius 2 is 1.37 bits per heavy atom. The van der Waals surface area contributed by atoms with Gasteiger partial charge in [0.25, 0.3) is 0 Å². The first-order valence-corrected chi connectivity index (χ1v) is 16.5. The van der Waals surface area contributed by atoms with Crippen molar-refractivity contribution in [3.63, 3.8) is 0 Å². The van der Waals surface area contributed by atoms with Gasteiger partial charge in [0.2, 0.25) is 5.91 Å². The first-order valence-electron chi connectivity index (χ1n) is 13.7. The Balaban J connectivity index is -0.000000139. The Labute approximate surface area is 334 Å². The molecule has 0 unspecified atom stereocenters. The van der Waals surface area contributed by atoms with Gasteiger partial charge in [-0.1, -0.05) is 104 Å². The molecule has 2 aliphatic rings. The van der Waals surface area contributed by atoms with Gasteiger partial charge in [0.05, 0.1) is 35.1 Å². The van der Waals surface area contributed by atoms with Crippen LogP contribution in [0, 0.1) is 12.3 Å². The Morgan fingerprint density at radius 3 is 1.51 bits per heavy atom. The largest absolute Gasteiger partial charge is 1.00 e. The van der Waals surface area contributed by atoms with Gasteiger partial charge in [-0.15, -0.1) is 0 Å². The van der Waals surface area contributed by atoms with Crippen LogP contribution in [0.1, 0.15) is 117 Å². The minimum atomic E-state index is -0.425. The molecule has 3 rings (SSSR count). The molecule has 2 aliphatic heterocycles. The Morgan fingerprint density at radius 1 is 1.00 bits per heavy atom. The van der Waals surface area contributed by atoms with Crippen LogP contribution in [-0.4, -0.2) is 32.0 Å². The zero-order chi connectivity index (χ0) is 32.6. The van der Waals surface area contributed by atoms with Gasteiger partial charge in [-0.3, -0.25) is 4.79 Å². The fraction of sp³-hybridized carbons (Fsp3) is 0.500. The molecule has 3 amide bonds. The molecular formula is C34H54BrIKN2O3S+. The zero-order valence-corrected chi connectivity index (χ0v) is 35.3. The van der Waals surface area contributed by atoms with Crippen LogP contribution in [0.2, 0.25) is 0 Å². The summed E-state index contributed by atoms with van der Waals surface area (Å²) in [6.45, 7) is 24.5. The van der Waals surface area contributed by atoms with Crippen molar-refractivity contribution < 1.29 is 65.8 Å². The number of nitrogens with zero attached hydrogens (tertiary/aromatic N) is 1. The molecule has 1 fully saturated rings. The van der Waals surface area contributed by atoms with Crippen molar-refractivity contribution in [2.45, 2.75) is 101 Å². The van der Waals surface area contributed by atoms with Crippen LogP contribution in [0.4, 0.5) is 0 Å². The maximum atomic E-state index is 10.9. The summed E-state index contributed by atoms with van der Waals surface area (Å²) in [5.41, 5.74) is 4.84. The maximum absolute atomic E-state index is 10.9. The molecule has 9 heteroatoms. The average molecular weight is 817 g/mol. The molecule has 238 valence electrons. The minimum Gasteiger partial charge on any atom is -0.587 e. The van der Waals surface area contributed by atoms with E-state index in [9.17, 15) is 14.4 Å². The molecule has 1 aromatic carbocycles. The van der Waals surface area contributed by atoms with E-state index in [0.717, 1.165) is 17.3 Å². The summed E-state index contributed by atoms with van der Waals surface area (Å²) in [6, 6.07) is 6.63. The Hall–Kier alpha value is -0.144. The Bertz CT molecular complexity index is 968.